The molecule has 0 aromatic carbocycles. The zero-order valence-corrected chi connectivity index (χ0v) is 25.2. The Kier molecular flexibility index (Phi) is 10.00. The first-order valence-corrected chi connectivity index (χ1v) is 20.6. The highest BCUT2D eigenvalue weighted by atomic mass is 28.4. The van der Waals surface area contributed by atoms with E-state index in [0.29, 0.717) is 11.0 Å². The fourth-order valence-corrected chi connectivity index (χ4v) is 13.9. The van der Waals surface area contributed by atoms with E-state index in [-0.39, 0.29) is 11.0 Å². The van der Waals surface area contributed by atoms with E-state index in [4.69, 9.17) is 8.85 Å². The molecule has 0 saturated heterocycles. The summed E-state index contributed by atoms with van der Waals surface area (Å²) in [5, 5.41) is -0.0499. The quantitative estimate of drug-likeness (QED) is 0.296. The highest BCUT2D eigenvalue weighted by Crippen LogP contribution is 2.42. The van der Waals surface area contributed by atoms with Crippen LogP contribution in [0.1, 0.15) is 81.6 Å². The van der Waals surface area contributed by atoms with Gasteiger partial charge in [-0.05, 0) is 69.9 Å². The Bertz CT molecular complexity index is 479. The summed E-state index contributed by atoms with van der Waals surface area (Å²) < 4.78 is 13.9. The van der Waals surface area contributed by atoms with E-state index >= 15 is 0 Å². The van der Waals surface area contributed by atoms with Crippen LogP contribution < -0.4 is 0 Å². The van der Waals surface area contributed by atoms with Crippen molar-refractivity contribution in [3.8, 4) is 0 Å². The lowest BCUT2D eigenvalue weighted by molar-refractivity contribution is 0.138. The number of hydrogen-bond donors (Lipinski definition) is 0. The van der Waals surface area contributed by atoms with Crippen molar-refractivity contribution in [1.82, 2.24) is 0 Å². The van der Waals surface area contributed by atoms with Crippen molar-refractivity contribution in [2.45, 2.75) is 143 Å². The van der Waals surface area contributed by atoms with Crippen LogP contribution in [0.5, 0.6) is 0 Å². The second-order valence-corrected chi connectivity index (χ2v) is 26.9. The maximum Gasteiger partial charge on any atom is 0.213 e. The lowest BCUT2D eigenvalue weighted by Gasteiger charge is -2.50. The van der Waals surface area contributed by atoms with Crippen molar-refractivity contribution in [2.24, 2.45) is 5.41 Å². The molecule has 0 fully saturated rings. The van der Waals surface area contributed by atoms with Gasteiger partial charge >= 0.3 is 0 Å². The molecule has 0 aromatic heterocycles. The highest BCUT2D eigenvalue weighted by molar-refractivity contribution is 6.83. The first-order valence-electron chi connectivity index (χ1n) is 11.6. The van der Waals surface area contributed by atoms with Gasteiger partial charge in [0.1, 0.15) is 0 Å². The summed E-state index contributed by atoms with van der Waals surface area (Å²) in [6, 6.07) is 0. The van der Waals surface area contributed by atoms with E-state index in [1.54, 1.807) is 0 Å². The summed E-state index contributed by atoms with van der Waals surface area (Å²) in [6.45, 7) is 35.8. The normalized spacial score (nSPS) is 18.1. The van der Waals surface area contributed by atoms with Crippen LogP contribution in [0.15, 0.2) is 0 Å². The van der Waals surface area contributed by atoms with Crippen LogP contribution in [0.2, 0.25) is 50.4 Å². The van der Waals surface area contributed by atoms with Crippen molar-refractivity contribution >= 4 is 24.7 Å². The molecule has 0 aliphatic carbocycles. The molecule has 0 aromatic rings. The highest BCUT2D eigenvalue weighted by Gasteiger charge is 2.49. The van der Waals surface area contributed by atoms with Gasteiger partial charge in [0.2, 0.25) is 8.32 Å². The molecule has 0 spiro atoms. The van der Waals surface area contributed by atoms with Crippen molar-refractivity contribution in [3.05, 3.63) is 0 Å². The Morgan fingerprint density at radius 3 is 1.61 bits per heavy atom. The van der Waals surface area contributed by atoms with Crippen LogP contribution >= 0.6 is 0 Å². The molecule has 5 heteroatoms. The average molecular weight is 447 g/mol. The van der Waals surface area contributed by atoms with E-state index in [1.807, 2.05) is 0 Å². The van der Waals surface area contributed by atoms with Gasteiger partial charge in [-0.25, -0.2) is 0 Å². The molecule has 3 atom stereocenters. The van der Waals surface area contributed by atoms with E-state index in [1.165, 1.54) is 19.3 Å². The maximum absolute atomic E-state index is 7.07. The minimum atomic E-state index is -1.99. The standard InChI is InChI=1S/C23H54O2Si3/c1-16-17-19(2)27(12,13)24-21(4)28(14,15)25-23(8,9)26(10,11)20(3)18-22(5,6)7/h19-21H,16-18H2,1-15H3. The Morgan fingerprint density at radius 2 is 1.21 bits per heavy atom. The van der Waals surface area contributed by atoms with Gasteiger partial charge in [-0.15, -0.1) is 0 Å². The molecule has 3 unspecified atom stereocenters. The largest absolute Gasteiger partial charge is 0.415 e. The van der Waals surface area contributed by atoms with Crippen LogP contribution in [0.4, 0.5) is 0 Å². The summed E-state index contributed by atoms with van der Waals surface area (Å²) >= 11 is 0. The van der Waals surface area contributed by atoms with Gasteiger partial charge in [-0.1, -0.05) is 67.5 Å². The van der Waals surface area contributed by atoms with Crippen LogP contribution in [0.25, 0.3) is 0 Å². The molecular weight excluding hydrogens is 393 g/mol. The lowest BCUT2D eigenvalue weighted by atomic mass is 9.91. The third kappa shape index (κ3) is 8.01. The van der Waals surface area contributed by atoms with Crippen LogP contribution in [-0.2, 0) is 8.85 Å². The second kappa shape index (κ2) is 9.80. The third-order valence-corrected chi connectivity index (χ3v) is 20.6. The maximum atomic E-state index is 7.07. The summed E-state index contributed by atoms with van der Waals surface area (Å²) in [4.78, 5) is 0. The van der Waals surface area contributed by atoms with Crippen LogP contribution in [0.3, 0.4) is 0 Å². The van der Waals surface area contributed by atoms with Crippen molar-refractivity contribution in [1.29, 1.82) is 0 Å². The smallest absolute Gasteiger partial charge is 0.213 e. The van der Waals surface area contributed by atoms with Crippen molar-refractivity contribution < 1.29 is 8.85 Å². The van der Waals surface area contributed by atoms with Gasteiger partial charge in [-0.2, -0.15) is 0 Å². The van der Waals surface area contributed by atoms with Gasteiger partial charge in [0.15, 0.2) is 8.32 Å². The van der Waals surface area contributed by atoms with Crippen molar-refractivity contribution in [2.75, 3.05) is 0 Å². The molecule has 2 nitrogen and oxygen atoms in total. The minimum Gasteiger partial charge on any atom is -0.415 e. The summed E-state index contributed by atoms with van der Waals surface area (Å²) in [7, 11) is -5.32. The molecule has 0 aliphatic rings. The lowest BCUT2D eigenvalue weighted by Crippen LogP contribution is -2.62. The Hall–Kier alpha value is 0.571. The first kappa shape index (κ1) is 28.6. The third-order valence-electron chi connectivity index (χ3n) is 7.59. The van der Waals surface area contributed by atoms with Crippen LogP contribution in [-0.4, -0.2) is 35.7 Å². The van der Waals surface area contributed by atoms with E-state index in [0.717, 1.165) is 5.54 Å². The monoisotopic (exact) mass is 446 g/mol. The molecule has 0 radical (unpaired) electrons. The molecular formula is C23H54O2Si3. The zero-order chi connectivity index (χ0) is 22.8. The Labute approximate surface area is 181 Å². The van der Waals surface area contributed by atoms with Gasteiger partial charge in [-0.3, -0.25) is 0 Å². The molecule has 0 saturated carbocycles. The predicted octanol–water partition coefficient (Wildman–Crippen LogP) is 8.40. The summed E-state index contributed by atoms with van der Waals surface area (Å²) in [5.41, 5.74) is 2.01. The van der Waals surface area contributed by atoms with E-state index in [9.17, 15) is 0 Å². The molecule has 0 bridgehead atoms. The fourth-order valence-electron chi connectivity index (χ4n) is 4.13. The molecule has 28 heavy (non-hydrogen) atoms. The molecule has 0 amide bonds. The van der Waals surface area contributed by atoms with Gasteiger partial charge in [0.05, 0.1) is 13.8 Å². The molecule has 0 N–H and O–H groups in total. The SMILES string of the molecule is CCCC(C)[Si](C)(C)OC(C)[Si](C)(C)OC(C)(C)[Si](C)(C)C(C)CC(C)(C)C. The van der Waals surface area contributed by atoms with Crippen LogP contribution in [0, 0.1) is 5.41 Å². The first-order chi connectivity index (χ1) is 12.2. The number of hydrogen-bond acceptors (Lipinski definition) is 2. The molecule has 0 aliphatic heterocycles. The fraction of sp³-hybridized carbons (Fsp3) is 1.00. The summed E-state index contributed by atoms with van der Waals surface area (Å²) in [6.07, 6.45) is 3.78. The summed E-state index contributed by atoms with van der Waals surface area (Å²) in [5.74, 6) is 0. The van der Waals surface area contributed by atoms with Crippen molar-refractivity contribution in [3.63, 3.8) is 0 Å². The Balaban J connectivity index is 5.37. The zero-order valence-electron chi connectivity index (χ0n) is 22.2. The average Bonchev–Trinajstić information content (AvgIpc) is 2.43. The predicted molar refractivity (Wildman–Crippen MR) is 136 cm³/mol. The molecule has 0 heterocycles. The van der Waals surface area contributed by atoms with Gasteiger partial charge < -0.3 is 8.85 Å². The van der Waals surface area contributed by atoms with Gasteiger partial charge in [0.25, 0.3) is 0 Å². The van der Waals surface area contributed by atoms with E-state index in [2.05, 4.69) is 102 Å². The minimum absolute atomic E-state index is 0.0499. The molecule has 170 valence electrons. The van der Waals surface area contributed by atoms with E-state index < -0.39 is 24.7 Å². The van der Waals surface area contributed by atoms with Gasteiger partial charge in [0, 0.05) is 5.22 Å². The second-order valence-electron chi connectivity index (χ2n) is 12.7. The molecule has 0 rings (SSSR count). The Morgan fingerprint density at radius 1 is 0.750 bits per heavy atom. The number of rotatable bonds is 11. The topological polar surface area (TPSA) is 18.5 Å².